The maximum absolute atomic E-state index is 10.5. The standard InChI is InChI=1S/C12H18N2O/c1-8-9(2)11(6-14-10(8)3)12(15)4-5-13-7-12/h6,13,15H,4-5,7H2,1-3H3. The third kappa shape index (κ3) is 1.66. The molecule has 2 heterocycles. The zero-order chi connectivity index (χ0) is 11.1. The van der Waals surface area contributed by atoms with Gasteiger partial charge in [0.05, 0.1) is 0 Å². The van der Waals surface area contributed by atoms with Crippen LogP contribution in [0.1, 0.15) is 28.8 Å². The third-order valence-electron chi connectivity index (χ3n) is 3.53. The van der Waals surface area contributed by atoms with Gasteiger partial charge in [0.1, 0.15) is 5.60 Å². The summed E-state index contributed by atoms with van der Waals surface area (Å²) in [4.78, 5) is 4.34. The van der Waals surface area contributed by atoms with Gasteiger partial charge in [0, 0.05) is 24.0 Å². The second kappa shape index (κ2) is 3.58. The molecule has 1 aromatic rings. The minimum Gasteiger partial charge on any atom is -0.384 e. The average molecular weight is 206 g/mol. The molecular formula is C12H18N2O. The first-order valence-electron chi connectivity index (χ1n) is 5.41. The van der Waals surface area contributed by atoms with Gasteiger partial charge in [-0.3, -0.25) is 4.98 Å². The second-order valence-corrected chi connectivity index (χ2v) is 4.47. The van der Waals surface area contributed by atoms with Crippen LogP contribution in [0.5, 0.6) is 0 Å². The summed E-state index contributed by atoms with van der Waals surface area (Å²) in [6.45, 7) is 7.65. The van der Waals surface area contributed by atoms with Crippen LogP contribution in [-0.4, -0.2) is 23.2 Å². The molecule has 0 bridgehead atoms. The summed E-state index contributed by atoms with van der Waals surface area (Å²) in [6.07, 6.45) is 2.60. The fourth-order valence-corrected chi connectivity index (χ4v) is 2.21. The lowest BCUT2D eigenvalue weighted by Crippen LogP contribution is -2.29. The number of aryl methyl sites for hydroxylation is 1. The second-order valence-electron chi connectivity index (χ2n) is 4.47. The smallest absolute Gasteiger partial charge is 0.105 e. The van der Waals surface area contributed by atoms with Crippen LogP contribution >= 0.6 is 0 Å². The highest BCUT2D eigenvalue weighted by atomic mass is 16.3. The van der Waals surface area contributed by atoms with Crippen molar-refractivity contribution in [3.05, 3.63) is 28.6 Å². The number of β-amino-alcohol motifs (C(OH)–C–C–N with tert-alkyl or cyclic N) is 1. The molecule has 1 fully saturated rings. The Bertz CT molecular complexity index is 381. The molecule has 1 aliphatic heterocycles. The van der Waals surface area contributed by atoms with Crippen molar-refractivity contribution < 1.29 is 5.11 Å². The first-order chi connectivity index (χ1) is 7.04. The van der Waals surface area contributed by atoms with E-state index < -0.39 is 5.60 Å². The van der Waals surface area contributed by atoms with E-state index in [9.17, 15) is 5.11 Å². The van der Waals surface area contributed by atoms with Gasteiger partial charge in [-0.1, -0.05) is 0 Å². The van der Waals surface area contributed by atoms with Crippen molar-refractivity contribution in [2.24, 2.45) is 0 Å². The van der Waals surface area contributed by atoms with Gasteiger partial charge in [-0.15, -0.1) is 0 Å². The van der Waals surface area contributed by atoms with Crippen molar-refractivity contribution in [2.45, 2.75) is 32.8 Å². The molecule has 82 valence electrons. The summed E-state index contributed by atoms with van der Waals surface area (Å²) in [5.74, 6) is 0. The normalized spacial score (nSPS) is 25.9. The van der Waals surface area contributed by atoms with Gasteiger partial charge in [-0.05, 0) is 44.9 Å². The number of pyridine rings is 1. The van der Waals surface area contributed by atoms with E-state index in [-0.39, 0.29) is 0 Å². The molecule has 0 aliphatic carbocycles. The fraction of sp³-hybridized carbons (Fsp3) is 0.583. The maximum Gasteiger partial charge on any atom is 0.105 e. The minimum absolute atomic E-state index is 0.637. The molecular weight excluding hydrogens is 188 g/mol. The molecule has 1 unspecified atom stereocenters. The number of hydrogen-bond acceptors (Lipinski definition) is 3. The largest absolute Gasteiger partial charge is 0.384 e. The third-order valence-corrected chi connectivity index (χ3v) is 3.53. The molecule has 3 heteroatoms. The summed E-state index contributed by atoms with van der Waals surface area (Å²) < 4.78 is 0. The van der Waals surface area contributed by atoms with Crippen LogP contribution in [0.15, 0.2) is 6.20 Å². The van der Waals surface area contributed by atoms with Gasteiger partial charge in [-0.25, -0.2) is 0 Å². The summed E-state index contributed by atoms with van der Waals surface area (Å²) >= 11 is 0. The number of nitrogens with one attached hydrogen (secondary N) is 1. The summed E-state index contributed by atoms with van der Waals surface area (Å²) in [6, 6.07) is 0. The zero-order valence-corrected chi connectivity index (χ0v) is 9.59. The Balaban J connectivity index is 2.49. The van der Waals surface area contributed by atoms with Crippen LogP contribution in [0.4, 0.5) is 0 Å². The SMILES string of the molecule is Cc1ncc(C2(O)CCNC2)c(C)c1C. The molecule has 1 atom stereocenters. The van der Waals surface area contributed by atoms with Gasteiger partial charge in [0.2, 0.25) is 0 Å². The first-order valence-corrected chi connectivity index (χ1v) is 5.41. The van der Waals surface area contributed by atoms with Gasteiger partial charge in [0.25, 0.3) is 0 Å². The molecule has 0 aromatic carbocycles. The van der Waals surface area contributed by atoms with Crippen LogP contribution in [-0.2, 0) is 5.60 Å². The number of nitrogens with zero attached hydrogens (tertiary/aromatic N) is 1. The molecule has 2 N–H and O–H groups in total. The van der Waals surface area contributed by atoms with Crippen molar-refractivity contribution in [3.63, 3.8) is 0 Å². The first kappa shape index (κ1) is 10.6. The van der Waals surface area contributed by atoms with Crippen LogP contribution < -0.4 is 5.32 Å². The van der Waals surface area contributed by atoms with Crippen molar-refractivity contribution in [2.75, 3.05) is 13.1 Å². The van der Waals surface area contributed by atoms with Crippen molar-refractivity contribution >= 4 is 0 Å². The van der Waals surface area contributed by atoms with E-state index >= 15 is 0 Å². The van der Waals surface area contributed by atoms with Gasteiger partial charge in [0.15, 0.2) is 0 Å². The molecule has 0 spiro atoms. The fourth-order valence-electron chi connectivity index (χ4n) is 2.21. The van der Waals surface area contributed by atoms with Gasteiger partial charge < -0.3 is 10.4 Å². The van der Waals surface area contributed by atoms with E-state index in [1.165, 1.54) is 11.1 Å². The Morgan fingerprint density at radius 2 is 2.07 bits per heavy atom. The summed E-state index contributed by atoms with van der Waals surface area (Å²) in [7, 11) is 0. The summed E-state index contributed by atoms with van der Waals surface area (Å²) in [5.41, 5.74) is 3.68. The molecule has 15 heavy (non-hydrogen) atoms. The molecule has 1 aromatic heterocycles. The van der Waals surface area contributed by atoms with E-state index in [1.807, 2.05) is 13.1 Å². The van der Waals surface area contributed by atoms with Crippen LogP contribution in [0.2, 0.25) is 0 Å². The molecule has 3 nitrogen and oxygen atoms in total. The van der Waals surface area contributed by atoms with E-state index in [2.05, 4.69) is 24.1 Å². The maximum atomic E-state index is 10.5. The van der Waals surface area contributed by atoms with Crippen LogP contribution in [0, 0.1) is 20.8 Å². The number of hydrogen-bond donors (Lipinski definition) is 2. The van der Waals surface area contributed by atoms with E-state index in [0.717, 1.165) is 24.2 Å². The zero-order valence-electron chi connectivity index (χ0n) is 9.59. The molecule has 1 aliphatic rings. The van der Waals surface area contributed by atoms with Gasteiger partial charge in [-0.2, -0.15) is 0 Å². The minimum atomic E-state index is -0.713. The van der Waals surface area contributed by atoms with E-state index in [1.54, 1.807) is 0 Å². The molecule has 0 radical (unpaired) electrons. The molecule has 1 saturated heterocycles. The number of rotatable bonds is 1. The lowest BCUT2D eigenvalue weighted by atomic mass is 9.89. The number of aliphatic hydroxyl groups is 1. The highest BCUT2D eigenvalue weighted by molar-refractivity contribution is 5.38. The predicted octanol–water partition coefficient (Wildman–Crippen LogP) is 1.19. The Hall–Kier alpha value is -0.930. The molecule has 0 amide bonds. The lowest BCUT2D eigenvalue weighted by molar-refractivity contribution is 0.0576. The van der Waals surface area contributed by atoms with E-state index in [4.69, 9.17) is 0 Å². The van der Waals surface area contributed by atoms with Crippen molar-refractivity contribution in [3.8, 4) is 0 Å². The van der Waals surface area contributed by atoms with Crippen molar-refractivity contribution in [1.82, 2.24) is 10.3 Å². The van der Waals surface area contributed by atoms with E-state index in [0.29, 0.717) is 6.54 Å². The highest BCUT2D eigenvalue weighted by Crippen LogP contribution is 2.31. The highest BCUT2D eigenvalue weighted by Gasteiger charge is 2.34. The topological polar surface area (TPSA) is 45.2 Å². The summed E-state index contributed by atoms with van der Waals surface area (Å²) in [5, 5.41) is 13.7. The van der Waals surface area contributed by atoms with Crippen LogP contribution in [0.25, 0.3) is 0 Å². The average Bonchev–Trinajstić information content (AvgIpc) is 2.62. The Labute approximate surface area is 90.5 Å². The Morgan fingerprint density at radius 1 is 1.33 bits per heavy atom. The molecule has 2 rings (SSSR count). The van der Waals surface area contributed by atoms with Gasteiger partial charge >= 0.3 is 0 Å². The quantitative estimate of drug-likeness (QED) is 0.725. The predicted molar refractivity (Wildman–Crippen MR) is 59.8 cm³/mol. The Morgan fingerprint density at radius 3 is 2.67 bits per heavy atom. The van der Waals surface area contributed by atoms with Crippen LogP contribution in [0.3, 0.4) is 0 Å². The number of aromatic nitrogens is 1. The Kier molecular flexibility index (Phi) is 2.52. The molecule has 0 saturated carbocycles. The monoisotopic (exact) mass is 206 g/mol. The lowest BCUT2D eigenvalue weighted by Gasteiger charge is -2.24. The van der Waals surface area contributed by atoms with Crippen molar-refractivity contribution in [1.29, 1.82) is 0 Å².